The number of ether oxygens (including phenoxy) is 1. The first kappa shape index (κ1) is 17.7. The molecule has 5 nitrogen and oxygen atoms in total. The summed E-state index contributed by atoms with van der Waals surface area (Å²) in [4.78, 5) is 29.8. The van der Waals surface area contributed by atoms with Crippen molar-refractivity contribution >= 4 is 22.9 Å². The summed E-state index contributed by atoms with van der Waals surface area (Å²) in [5.41, 5.74) is 2.60. The van der Waals surface area contributed by atoms with Gasteiger partial charge in [0.05, 0.1) is 11.0 Å². The molecule has 5 heteroatoms. The quantitative estimate of drug-likeness (QED) is 0.500. The van der Waals surface area contributed by atoms with E-state index in [1.54, 1.807) is 12.1 Å². The molecule has 0 fully saturated rings. The molecule has 0 radical (unpaired) electrons. The second-order valence-corrected chi connectivity index (χ2v) is 6.37. The number of benzene rings is 3. The van der Waals surface area contributed by atoms with Crippen LogP contribution >= 0.6 is 0 Å². The lowest BCUT2D eigenvalue weighted by Crippen LogP contribution is -2.21. The van der Waals surface area contributed by atoms with Crippen LogP contribution in [0, 0.1) is 0 Å². The van der Waals surface area contributed by atoms with Crippen molar-refractivity contribution in [3.63, 3.8) is 0 Å². The van der Waals surface area contributed by atoms with Gasteiger partial charge in [0.15, 0.2) is 11.9 Å². The molecule has 0 bridgehead atoms. The number of imidazole rings is 1. The molecule has 138 valence electrons. The molecular formula is C23H18N2O3. The molecule has 0 aliphatic heterocycles. The summed E-state index contributed by atoms with van der Waals surface area (Å²) in [6.45, 7) is 1.35. The first-order chi connectivity index (χ1) is 13.6. The minimum atomic E-state index is -0.793. The van der Waals surface area contributed by atoms with Crippen LogP contribution in [0.4, 0.5) is 0 Å². The minimum Gasteiger partial charge on any atom is -0.449 e. The lowest BCUT2D eigenvalue weighted by molar-refractivity contribution is -0.145. The van der Waals surface area contributed by atoms with E-state index in [9.17, 15) is 9.59 Å². The van der Waals surface area contributed by atoms with Gasteiger partial charge in [0.2, 0.25) is 0 Å². The van der Waals surface area contributed by atoms with Gasteiger partial charge in [-0.2, -0.15) is 0 Å². The highest BCUT2D eigenvalue weighted by atomic mass is 16.5. The van der Waals surface area contributed by atoms with Gasteiger partial charge in [-0.15, -0.1) is 0 Å². The Bertz CT molecular complexity index is 1130. The molecule has 0 amide bonds. The monoisotopic (exact) mass is 370 g/mol. The van der Waals surface area contributed by atoms with Crippen molar-refractivity contribution in [1.29, 1.82) is 0 Å². The molecular weight excluding hydrogens is 352 g/mol. The summed E-state index contributed by atoms with van der Waals surface area (Å²) >= 11 is 0. The van der Waals surface area contributed by atoms with Crippen LogP contribution in [0.3, 0.4) is 0 Å². The number of nitrogens with zero attached hydrogens (tertiary/aromatic N) is 2. The first-order valence-electron chi connectivity index (χ1n) is 8.94. The highest BCUT2D eigenvalue weighted by molar-refractivity contribution is 6.01. The molecule has 0 saturated heterocycles. The van der Waals surface area contributed by atoms with Crippen LogP contribution in [0.1, 0.15) is 34.8 Å². The van der Waals surface area contributed by atoms with Gasteiger partial charge < -0.3 is 4.74 Å². The van der Waals surface area contributed by atoms with Gasteiger partial charge in [0.25, 0.3) is 5.91 Å². The van der Waals surface area contributed by atoms with Crippen LogP contribution in [0.5, 0.6) is 0 Å². The third-order valence-corrected chi connectivity index (χ3v) is 4.43. The van der Waals surface area contributed by atoms with Crippen LogP contribution in [0.25, 0.3) is 11.0 Å². The fraction of sp³-hybridized carbons (Fsp3) is 0.0870. The SMILES string of the molecule is CC(=O)O[C@H](c1ccccc1)c1nc2ccccc2n1C(=O)c1ccccc1. The summed E-state index contributed by atoms with van der Waals surface area (Å²) in [5.74, 6) is -0.298. The molecule has 0 aliphatic rings. The van der Waals surface area contributed by atoms with E-state index in [-0.39, 0.29) is 5.91 Å². The molecule has 4 rings (SSSR count). The van der Waals surface area contributed by atoms with Crippen molar-refractivity contribution in [3.8, 4) is 0 Å². The van der Waals surface area contributed by atoms with Crippen LogP contribution < -0.4 is 0 Å². The molecule has 0 N–H and O–H groups in total. The lowest BCUT2D eigenvalue weighted by Gasteiger charge is -2.18. The van der Waals surface area contributed by atoms with Crippen LogP contribution in [0.2, 0.25) is 0 Å². The summed E-state index contributed by atoms with van der Waals surface area (Å²) in [6, 6.07) is 25.7. The predicted octanol–water partition coefficient (Wildman–Crippen LogP) is 4.38. The van der Waals surface area contributed by atoms with Crippen molar-refractivity contribution in [2.45, 2.75) is 13.0 Å². The molecule has 0 unspecified atom stereocenters. The lowest BCUT2D eigenvalue weighted by atomic mass is 10.1. The van der Waals surface area contributed by atoms with E-state index in [0.29, 0.717) is 22.4 Å². The third kappa shape index (κ3) is 3.30. The fourth-order valence-electron chi connectivity index (χ4n) is 3.21. The minimum absolute atomic E-state index is 0.225. The van der Waals surface area contributed by atoms with Crippen molar-refractivity contribution < 1.29 is 14.3 Å². The zero-order chi connectivity index (χ0) is 19.5. The average molecular weight is 370 g/mol. The van der Waals surface area contributed by atoms with Crippen LogP contribution in [0.15, 0.2) is 84.9 Å². The predicted molar refractivity (Wildman–Crippen MR) is 106 cm³/mol. The van der Waals surface area contributed by atoms with Gasteiger partial charge in [-0.3, -0.25) is 14.2 Å². The zero-order valence-corrected chi connectivity index (χ0v) is 15.3. The van der Waals surface area contributed by atoms with Gasteiger partial charge in [0.1, 0.15) is 0 Å². The van der Waals surface area contributed by atoms with Crippen LogP contribution in [-0.4, -0.2) is 21.4 Å². The Morgan fingerprint density at radius 1 is 0.857 bits per heavy atom. The molecule has 4 aromatic rings. The van der Waals surface area contributed by atoms with E-state index >= 15 is 0 Å². The smallest absolute Gasteiger partial charge is 0.303 e. The van der Waals surface area contributed by atoms with E-state index in [0.717, 1.165) is 5.56 Å². The summed E-state index contributed by atoms with van der Waals surface area (Å²) in [6.07, 6.45) is -0.793. The Hall–Kier alpha value is -3.73. The van der Waals surface area contributed by atoms with Gasteiger partial charge in [-0.05, 0) is 24.3 Å². The zero-order valence-electron chi connectivity index (χ0n) is 15.3. The number of aromatic nitrogens is 2. The molecule has 28 heavy (non-hydrogen) atoms. The number of hydrogen-bond donors (Lipinski definition) is 0. The fourth-order valence-corrected chi connectivity index (χ4v) is 3.21. The van der Waals surface area contributed by atoms with E-state index in [1.807, 2.05) is 72.8 Å². The molecule has 0 aliphatic carbocycles. The number of carbonyl (C=O) groups is 2. The van der Waals surface area contributed by atoms with Crippen LogP contribution in [-0.2, 0) is 9.53 Å². The van der Waals surface area contributed by atoms with Crippen molar-refractivity contribution in [2.75, 3.05) is 0 Å². The maximum absolute atomic E-state index is 13.3. The van der Waals surface area contributed by atoms with Gasteiger partial charge >= 0.3 is 5.97 Å². The number of hydrogen-bond acceptors (Lipinski definition) is 4. The topological polar surface area (TPSA) is 61.2 Å². The van der Waals surface area contributed by atoms with E-state index in [1.165, 1.54) is 11.5 Å². The summed E-state index contributed by atoms with van der Waals surface area (Å²) in [7, 11) is 0. The number of rotatable bonds is 4. The number of fused-ring (bicyclic) bond motifs is 1. The van der Waals surface area contributed by atoms with Crippen molar-refractivity contribution in [1.82, 2.24) is 9.55 Å². The summed E-state index contributed by atoms with van der Waals surface area (Å²) < 4.78 is 7.14. The maximum atomic E-state index is 13.3. The second-order valence-electron chi connectivity index (χ2n) is 6.37. The standard InChI is InChI=1S/C23H18N2O3/c1-16(26)28-21(17-10-4-2-5-11-17)22-24-19-14-8-9-15-20(19)25(22)23(27)18-12-6-3-7-13-18/h2-15,21H,1H3/t21-/m1/s1. The highest BCUT2D eigenvalue weighted by Crippen LogP contribution is 2.29. The van der Waals surface area contributed by atoms with Gasteiger partial charge in [-0.25, -0.2) is 4.98 Å². The first-order valence-corrected chi connectivity index (χ1v) is 8.94. The van der Waals surface area contributed by atoms with Crippen molar-refractivity contribution in [2.24, 2.45) is 0 Å². The van der Waals surface area contributed by atoms with Crippen molar-refractivity contribution in [3.05, 3.63) is 102 Å². The Labute approximate surface area is 162 Å². The van der Waals surface area contributed by atoms with E-state index in [4.69, 9.17) is 4.74 Å². The number of esters is 1. The second kappa shape index (κ2) is 7.48. The van der Waals surface area contributed by atoms with Gasteiger partial charge in [0, 0.05) is 18.1 Å². The molecule has 1 aromatic heterocycles. The maximum Gasteiger partial charge on any atom is 0.303 e. The van der Waals surface area contributed by atoms with Gasteiger partial charge in [-0.1, -0.05) is 60.7 Å². The molecule has 1 atom stereocenters. The molecule has 3 aromatic carbocycles. The largest absolute Gasteiger partial charge is 0.449 e. The highest BCUT2D eigenvalue weighted by Gasteiger charge is 2.28. The average Bonchev–Trinajstić information content (AvgIpc) is 3.12. The normalized spacial score (nSPS) is 11.9. The molecule has 0 spiro atoms. The van der Waals surface area contributed by atoms with E-state index < -0.39 is 12.1 Å². The number of carbonyl (C=O) groups excluding carboxylic acids is 2. The Balaban J connectivity index is 1.95. The van der Waals surface area contributed by atoms with E-state index in [2.05, 4.69) is 4.98 Å². The summed E-state index contributed by atoms with van der Waals surface area (Å²) in [5, 5.41) is 0. The molecule has 0 saturated carbocycles. The third-order valence-electron chi connectivity index (χ3n) is 4.43. The number of para-hydroxylation sites is 2. The Morgan fingerprint density at radius 3 is 2.14 bits per heavy atom. The molecule has 1 heterocycles. The Kier molecular flexibility index (Phi) is 4.72. The Morgan fingerprint density at radius 2 is 1.46 bits per heavy atom.